The number of nitrogens with zero attached hydrogens (tertiary/aromatic N) is 1. The number of primary amides is 1. The lowest BCUT2D eigenvalue weighted by Gasteiger charge is -2.26. The van der Waals surface area contributed by atoms with Crippen LogP contribution in [-0.4, -0.2) is 18.0 Å². The Kier molecular flexibility index (Phi) is 4.95. The number of nitrogens with one attached hydrogen (secondary N) is 1. The van der Waals surface area contributed by atoms with Gasteiger partial charge in [0.15, 0.2) is 0 Å². The summed E-state index contributed by atoms with van der Waals surface area (Å²) in [6.07, 6.45) is 0.958. The summed E-state index contributed by atoms with van der Waals surface area (Å²) >= 11 is 5.92. The molecule has 1 heterocycles. The SMILES string of the molecule is C[C@H]1Cc2ccccc2N1C(=O)C[C@H](NC(N)=O)c1ccc(Cl)cc1. The van der Waals surface area contributed by atoms with Crippen molar-refractivity contribution in [3.8, 4) is 0 Å². The van der Waals surface area contributed by atoms with Crippen LogP contribution < -0.4 is 16.0 Å². The highest BCUT2D eigenvalue weighted by molar-refractivity contribution is 6.30. The van der Waals surface area contributed by atoms with Crippen molar-refractivity contribution in [2.75, 3.05) is 4.90 Å². The van der Waals surface area contributed by atoms with Gasteiger partial charge in [0, 0.05) is 16.8 Å². The third-order valence-electron chi connectivity index (χ3n) is 4.44. The molecular weight excluding hydrogens is 338 g/mol. The molecule has 5 nitrogen and oxygen atoms in total. The van der Waals surface area contributed by atoms with Gasteiger partial charge < -0.3 is 16.0 Å². The van der Waals surface area contributed by atoms with Crippen LogP contribution in [0.25, 0.3) is 0 Å². The lowest BCUT2D eigenvalue weighted by atomic mass is 10.0. The largest absolute Gasteiger partial charge is 0.352 e. The minimum atomic E-state index is -0.664. The van der Waals surface area contributed by atoms with Gasteiger partial charge in [-0.1, -0.05) is 41.9 Å². The Balaban J connectivity index is 1.83. The molecule has 0 bridgehead atoms. The Labute approximate surface area is 151 Å². The van der Waals surface area contributed by atoms with Crippen molar-refractivity contribution < 1.29 is 9.59 Å². The smallest absolute Gasteiger partial charge is 0.312 e. The second kappa shape index (κ2) is 7.15. The van der Waals surface area contributed by atoms with Crippen LogP contribution in [0.4, 0.5) is 10.5 Å². The number of nitrogens with two attached hydrogens (primary N) is 1. The van der Waals surface area contributed by atoms with E-state index >= 15 is 0 Å². The molecule has 130 valence electrons. The first-order valence-corrected chi connectivity index (χ1v) is 8.55. The Morgan fingerprint density at radius 2 is 1.92 bits per heavy atom. The van der Waals surface area contributed by atoms with E-state index in [0.717, 1.165) is 23.2 Å². The molecule has 1 aliphatic rings. The highest BCUT2D eigenvalue weighted by Gasteiger charge is 2.32. The maximum absolute atomic E-state index is 13.0. The first kappa shape index (κ1) is 17.3. The summed E-state index contributed by atoms with van der Waals surface area (Å²) in [6.45, 7) is 2.02. The molecule has 0 fully saturated rings. The molecule has 2 aromatic carbocycles. The number of benzene rings is 2. The molecule has 3 N–H and O–H groups in total. The average Bonchev–Trinajstić information content (AvgIpc) is 2.90. The van der Waals surface area contributed by atoms with E-state index in [-0.39, 0.29) is 18.4 Å². The Bertz CT molecular complexity index is 792. The van der Waals surface area contributed by atoms with Crippen molar-refractivity contribution in [3.63, 3.8) is 0 Å². The molecule has 0 saturated heterocycles. The highest BCUT2D eigenvalue weighted by atomic mass is 35.5. The van der Waals surface area contributed by atoms with E-state index in [1.165, 1.54) is 0 Å². The van der Waals surface area contributed by atoms with Crippen LogP contribution in [0.5, 0.6) is 0 Å². The number of fused-ring (bicyclic) bond motifs is 1. The molecule has 0 unspecified atom stereocenters. The summed E-state index contributed by atoms with van der Waals surface area (Å²) in [7, 11) is 0. The van der Waals surface area contributed by atoms with Crippen molar-refractivity contribution in [1.29, 1.82) is 0 Å². The Morgan fingerprint density at radius 1 is 1.24 bits per heavy atom. The van der Waals surface area contributed by atoms with Gasteiger partial charge >= 0.3 is 6.03 Å². The van der Waals surface area contributed by atoms with Gasteiger partial charge in [-0.05, 0) is 42.7 Å². The second-order valence-corrected chi connectivity index (χ2v) is 6.70. The van der Waals surface area contributed by atoms with E-state index in [2.05, 4.69) is 5.32 Å². The minimum absolute atomic E-state index is 0.0499. The van der Waals surface area contributed by atoms with Crippen LogP contribution in [-0.2, 0) is 11.2 Å². The van der Waals surface area contributed by atoms with E-state index < -0.39 is 12.1 Å². The highest BCUT2D eigenvalue weighted by Crippen LogP contribution is 2.33. The molecule has 2 aromatic rings. The van der Waals surface area contributed by atoms with Gasteiger partial charge in [-0.3, -0.25) is 4.79 Å². The van der Waals surface area contributed by atoms with E-state index in [1.54, 1.807) is 29.2 Å². The fourth-order valence-corrected chi connectivity index (χ4v) is 3.46. The number of carbonyl (C=O) groups is 2. The molecule has 0 radical (unpaired) electrons. The van der Waals surface area contributed by atoms with Gasteiger partial charge in [0.25, 0.3) is 0 Å². The van der Waals surface area contributed by atoms with Gasteiger partial charge in [0.1, 0.15) is 0 Å². The van der Waals surface area contributed by atoms with E-state index in [9.17, 15) is 9.59 Å². The van der Waals surface area contributed by atoms with Gasteiger partial charge in [0.05, 0.1) is 12.5 Å². The molecule has 0 aromatic heterocycles. The zero-order chi connectivity index (χ0) is 18.0. The van der Waals surface area contributed by atoms with Crippen LogP contribution in [0, 0.1) is 0 Å². The number of urea groups is 1. The number of amides is 3. The summed E-state index contributed by atoms with van der Waals surface area (Å²) in [5.41, 5.74) is 8.18. The molecule has 0 spiro atoms. The number of hydrogen-bond acceptors (Lipinski definition) is 2. The maximum atomic E-state index is 13.0. The summed E-state index contributed by atoms with van der Waals surface area (Å²) in [6, 6.07) is 13.9. The van der Waals surface area contributed by atoms with Gasteiger partial charge in [-0.15, -0.1) is 0 Å². The van der Waals surface area contributed by atoms with E-state index in [4.69, 9.17) is 17.3 Å². The lowest BCUT2D eigenvalue weighted by molar-refractivity contribution is -0.119. The molecule has 2 atom stereocenters. The Hall–Kier alpha value is -2.53. The number of anilines is 1. The molecule has 0 aliphatic carbocycles. The van der Waals surface area contributed by atoms with Crippen LogP contribution in [0.3, 0.4) is 0 Å². The zero-order valence-electron chi connectivity index (χ0n) is 13.9. The predicted octanol–water partition coefficient (Wildman–Crippen LogP) is 3.42. The third-order valence-corrected chi connectivity index (χ3v) is 4.70. The summed E-state index contributed by atoms with van der Waals surface area (Å²) in [5, 5.41) is 3.25. The topological polar surface area (TPSA) is 75.4 Å². The summed E-state index contributed by atoms with van der Waals surface area (Å²) < 4.78 is 0. The average molecular weight is 358 g/mol. The minimum Gasteiger partial charge on any atom is -0.352 e. The second-order valence-electron chi connectivity index (χ2n) is 6.26. The first-order chi connectivity index (χ1) is 12.0. The zero-order valence-corrected chi connectivity index (χ0v) is 14.7. The number of para-hydroxylation sites is 1. The first-order valence-electron chi connectivity index (χ1n) is 8.17. The van der Waals surface area contributed by atoms with Crippen LogP contribution in [0.1, 0.15) is 30.5 Å². The van der Waals surface area contributed by atoms with Crippen molar-refractivity contribution in [3.05, 3.63) is 64.7 Å². The molecule has 3 amide bonds. The monoisotopic (exact) mass is 357 g/mol. The van der Waals surface area contributed by atoms with Crippen LogP contribution >= 0.6 is 11.6 Å². The van der Waals surface area contributed by atoms with Crippen molar-refractivity contribution in [1.82, 2.24) is 5.32 Å². The van der Waals surface area contributed by atoms with Crippen molar-refractivity contribution in [2.24, 2.45) is 5.73 Å². The Morgan fingerprint density at radius 3 is 2.60 bits per heavy atom. The molecular formula is C19H20ClN3O2. The third kappa shape index (κ3) is 3.77. The standard InChI is InChI=1S/C19H20ClN3O2/c1-12-10-14-4-2-3-5-17(14)23(12)18(24)11-16(22-19(21)25)13-6-8-15(20)9-7-13/h2-9,12,16H,10-11H2,1H3,(H3,21,22,25)/t12-,16-/m0/s1. The fourth-order valence-electron chi connectivity index (χ4n) is 3.34. The predicted molar refractivity (Wildman–Crippen MR) is 98.6 cm³/mol. The van der Waals surface area contributed by atoms with Crippen LogP contribution in [0.15, 0.2) is 48.5 Å². The molecule has 1 aliphatic heterocycles. The fraction of sp³-hybridized carbons (Fsp3) is 0.263. The van der Waals surface area contributed by atoms with Gasteiger partial charge in [-0.25, -0.2) is 4.79 Å². The number of hydrogen-bond donors (Lipinski definition) is 2. The van der Waals surface area contributed by atoms with E-state index in [1.807, 2.05) is 31.2 Å². The normalized spacial score (nSPS) is 17.0. The van der Waals surface area contributed by atoms with Gasteiger partial charge in [0.2, 0.25) is 5.91 Å². The summed E-state index contributed by atoms with van der Waals surface area (Å²) in [5.74, 6) is -0.0499. The number of carbonyl (C=O) groups excluding carboxylic acids is 2. The van der Waals surface area contributed by atoms with E-state index in [0.29, 0.717) is 5.02 Å². The molecule has 0 saturated carbocycles. The molecule has 6 heteroatoms. The summed E-state index contributed by atoms with van der Waals surface area (Å²) in [4.78, 5) is 26.1. The molecule has 3 rings (SSSR count). The molecule has 25 heavy (non-hydrogen) atoms. The van der Waals surface area contributed by atoms with Crippen molar-refractivity contribution >= 4 is 29.2 Å². The quantitative estimate of drug-likeness (QED) is 0.879. The lowest BCUT2D eigenvalue weighted by Crippen LogP contribution is -2.40. The number of halogens is 1. The number of rotatable bonds is 4. The van der Waals surface area contributed by atoms with Crippen LogP contribution in [0.2, 0.25) is 5.02 Å². The van der Waals surface area contributed by atoms with Crippen molar-refractivity contribution in [2.45, 2.75) is 31.8 Å². The maximum Gasteiger partial charge on any atom is 0.312 e. The van der Waals surface area contributed by atoms with Gasteiger partial charge in [-0.2, -0.15) is 0 Å².